The zero-order valence-electron chi connectivity index (χ0n) is 8.57. The van der Waals surface area contributed by atoms with E-state index < -0.39 is 0 Å². The lowest BCUT2D eigenvalue weighted by Gasteiger charge is -2.12. The monoisotopic (exact) mass is 226 g/mol. The van der Waals surface area contributed by atoms with Gasteiger partial charge in [0.1, 0.15) is 0 Å². The highest BCUT2D eigenvalue weighted by molar-refractivity contribution is 8.20. The van der Waals surface area contributed by atoms with Crippen molar-refractivity contribution in [3.8, 4) is 0 Å². The molecule has 1 aromatic rings. The Hall–Kier alpha value is -0.120. The van der Waals surface area contributed by atoms with Crippen molar-refractivity contribution in [3.05, 3.63) is 23.8 Å². The van der Waals surface area contributed by atoms with Crippen LogP contribution in [0.5, 0.6) is 0 Å². The second-order valence-electron chi connectivity index (χ2n) is 3.99. The summed E-state index contributed by atoms with van der Waals surface area (Å²) in [6, 6.07) is 6.23. The van der Waals surface area contributed by atoms with Crippen LogP contribution in [0.15, 0.2) is 28.0 Å². The number of hydrogen-bond donors (Lipinski definition) is 1. The molecule has 1 nitrogen and oxygen atoms in total. The molecule has 0 aliphatic carbocycles. The summed E-state index contributed by atoms with van der Waals surface area (Å²) in [4.78, 5) is 2.64. The molecule has 1 heterocycles. The Morgan fingerprint density at radius 3 is 2.50 bits per heavy atom. The van der Waals surface area contributed by atoms with E-state index in [1.807, 2.05) is 29.6 Å². The van der Waals surface area contributed by atoms with Gasteiger partial charge in [-0.2, -0.15) is 0 Å². The molecule has 0 fully saturated rings. The van der Waals surface area contributed by atoms with Crippen LogP contribution in [0.25, 0.3) is 0 Å². The largest absolute Gasteiger partial charge is 0.389 e. The smallest absolute Gasteiger partial charge is 0.0762 e. The summed E-state index contributed by atoms with van der Waals surface area (Å²) < 4.78 is 0.236. The van der Waals surface area contributed by atoms with E-state index >= 15 is 0 Å². The van der Waals surface area contributed by atoms with Crippen molar-refractivity contribution in [2.75, 3.05) is 0 Å². The third-order valence-electron chi connectivity index (χ3n) is 2.16. The maximum atomic E-state index is 9.47. The van der Waals surface area contributed by atoms with Crippen LogP contribution in [0.1, 0.15) is 32.4 Å². The zero-order valence-corrected chi connectivity index (χ0v) is 10.2. The van der Waals surface area contributed by atoms with E-state index in [0.29, 0.717) is 0 Å². The van der Waals surface area contributed by atoms with Crippen molar-refractivity contribution >= 4 is 23.5 Å². The molecular formula is C11H14OS2. The molecule has 76 valence electrons. The molecule has 0 amide bonds. The number of hydrogen-bond acceptors (Lipinski definition) is 3. The van der Waals surface area contributed by atoms with E-state index in [1.165, 1.54) is 9.79 Å². The van der Waals surface area contributed by atoms with Crippen molar-refractivity contribution in [1.82, 2.24) is 0 Å². The van der Waals surface area contributed by atoms with Gasteiger partial charge in [-0.05, 0) is 38.5 Å². The predicted molar refractivity (Wildman–Crippen MR) is 62.9 cm³/mol. The zero-order chi connectivity index (χ0) is 10.3. The lowest BCUT2D eigenvalue weighted by molar-refractivity contribution is 0.199. The lowest BCUT2D eigenvalue weighted by Crippen LogP contribution is -2.01. The van der Waals surface area contributed by atoms with Gasteiger partial charge in [0.15, 0.2) is 0 Å². The minimum atomic E-state index is -0.366. The average molecular weight is 226 g/mol. The van der Waals surface area contributed by atoms with Gasteiger partial charge in [0.05, 0.1) is 10.2 Å². The number of thioether (sulfide) groups is 2. The molecule has 0 bridgehead atoms. The average Bonchev–Trinajstić information content (AvgIpc) is 2.36. The molecule has 0 aromatic heterocycles. The van der Waals surface area contributed by atoms with Gasteiger partial charge in [0.2, 0.25) is 0 Å². The lowest BCUT2D eigenvalue weighted by atomic mass is 10.1. The van der Waals surface area contributed by atoms with Crippen molar-refractivity contribution < 1.29 is 5.11 Å². The summed E-state index contributed by atoms with van der Waals surface area (Å²) in [6.45, 7) is 6.26. The number of benzene rings is 1. The van der Waals surface area contributed by atoms with Crippen molar-refractivity contribution in [3.63, 3.8) is 0 Å². The first kappa shape index (κ1) is 10.4. The van der Waals surface area contributed by atoms with Gasteiger partial charge in [-0.3, -0.25) is 0 Å². The normalized spacial score (nSPS) is 20.6. The first-order valence-electron chi connectivity index (χ1n) is 4.68. The molecule has 1 N–H and O–H groups in total. The van der Waals surface area contributed by atoms with Crippen LogP contribution >= 0.6 is 23.5 Å². The van der Waals surface area contributed by atoms with Crippen LogP contribution in [-0.2, 0) is 0 Å². The molecule has 2 rings (SSSR count). The van der Waals surface area contributed by atoms with Crippen LogP contribution in [0.2, 0.25) is 0 Å². The quantitative estimate of drug-likeness (QED) is 0.789. The Kier molecular flexibility index (Phi) is 2.58. The van der Waals surface area contributed by atoms with E-state index in [-0.39, 0.29) is 10.2 Å². The van der Waals surface area contributed by atoms with E-state index in [1.54, 1.807) is 6.92 Å². The Morgan fingerprint density at radius 1 is 1.21 bits per heavy atom. The Balaban J connectivity index is 2.36. The molecular weight excluding hydrogens is 212 g/mol. The third kappa shape index (κ3) is 1.95. The van der Waals surface area contributed by atoms with Gasteiger partial charge in [-0.15, -0.1) is 23.5 Å². The van der Waals surface area contributed by atoms with Crippen LogP contribution in [0, 0.1) is 0 Å². The molecule has 14 heavy (non-hydrogen) atoms. The first-order valence-corrected chi connectivity index (χ1v) is 6.31. The van der Waals surface area contributed by atoms with E-state index in [2.05, 4.69) is 26.0 Å². The predicted octanol–water partition coefficient (Wildman–Crippen LogP) is 3.67. The van der Waals surface area contributed by atoms with Gasteiger partial charge >= 0.3 is 0 Å². The first-order chi connectivity index (χ1) is 6.48. The van der Waals surface area contributed by atoms with E-state index in [0.717, 1.165) is 5.56 Å². The van der Waals surface area contributed by atoms with Crippen LogP contribution in [0.4, 0.5) is 0 Å². The molecule has 1 atom stereocenters. The summed E-state index contributed by atoms with van der Waals surface area (Å²) in [5, 5.41) is 9.47. The van der Waals surface area contributed by atoms with Crippen molar-refractivity contribution in [2.24, 2.45) is 0 Å². The minimum absolute atomic E-state index is 0.236. The fourth-order valence-electron chi connectivity index (χ4n) is 1.50. The van der Waals surface area contributed by atoms with Gasteiger partial charge in [0.25, 0.3) is 0 Å². The summed E-state index contributed by atoms with van der Waals surface area (Å²) in [5.41, 5.74) is 1.01. The van der Waals surface area contributed by atoms with Gasteiger partial charge in [-0.1, -0.05) is 6.07 Å². The molecule has 1 aliphatic heterocycles. The molecule has 0 saturated carbocycles. The standard InChI is InChI=1S/C11H14OS2/c1-7(12)8-4-5-9-10(6-8)14-11(2,3)13-9/h4-7,12H,1-3H3. The van der Waals surface area contributed by atoms with Crippen LogP contribution < -0.4 is 0 Å². The minimum Gasteiger partial charge on any atom is -0.389 e. The Labute approximate surface area is 93.3 Å². The summed E-state index contributed by atoms with van der Waals surface area (Å²) >= 11 is 3.77. The maximum Gasteiger partial charge on any atom is 0.0762 e. The number of aliphatic hydroxyl groups is 1. The summed E-state index contributed by atoms with van der Waals surface area (Å²) in [5.74, 6) is 0. The van der Waals surface area contributed by atoms with E-state index in [4.69, 9.17) is 0 Å². The molecule has 1 aromatic carbocycles. The van der Waals surface area contributed by atoms with Crippen molar-refractivity contribution in [1.29, 1.82) is 0 Å². The summed E-state index contributed by atoms with van der Waals surface area (Å²) in [6.07, 6.45) is -0.366. The molecule has 0 radical (unpaired) electrons. The Bertz CT molecular complexity index is 358. The number of aliphatic hydroxyl groups excluding tert-OH is 1. The third-order valence-corrected chi connectivity index (χ3v) is 4.91. The second-order valence-corrected chi connectivity index (χ2v) is 7.57. The van der Waals surface area contributed by atoms with Crippen LogP contribution in [-0.4, -0.2) is 9.19 Å². The number of rotatable bonds is 1. The highest BCUT2D eigenvalue weighted by Crippen LogP contribution is 2.55. The summed E-state index contributed by atoms with van der Waals surface area (Å²) in [7, 11) is 0. The molecule has 1 aliphatic rings. The molecule has 0 saturated heterocycles. The second kappa shape index (κ2) is 3.47. The van der Waals surface area contributed by atoms with Gasteiger partial charge < -0.3 is 5.11 Å². The Morgan fingerprint density at radius 2 is 1.86 bits per heavy atom. The highest BCUT2D eigenvalue weighted by atomic mass is 32.2. The van der Waals surface area contributed by atoms with Gasteiger partial charge in [-0.25, -0.2) is 0 Å². The SMILES string of the molecule is CC(O)c1ccc2c(c1)SC(C)(C)S2. The van der Waals surface area contributed by atoms with Crippen molar-refractivity contribution in [2.45, 2.75) is 40.7 Å². The van der Waals surface area contributed by atoms with Gasteiger partial charge in [0, 0.05) is 9.79 Å². The molecule has 3 heteroatoms. The number of fused-ring (bicyclic) bond motifs is 1. The fourth-order valence-corrected chi connectivity index (χ4v) is 4.17. The molecule has 0 spiro atoms. The topological polar surface area (TPSA) is 20.2 Å². The fraction of sp³-hybridized carbons (Fsp3) is 0.455. The highest BCUT2D eigenvalue weighted by Gasteiger charge is 2.30. The maximum absolute atomic E-state index is 9.47. The van der Waals surface area contributed by atoms with Crippen LogP contribution in [0.3, 0.4) is 0 Å². The van der Waals surface area contributed by atoms with E-state index in [9.17, 15) is 5.11 Å². The molecule has 1 unspecified atom stereocenters.